The molecule has 0 saturated heterocycles. The maximum absolute atomic E-state index is 14.2. The number of thiazole rings is 1. The van der Waals surface area contributed by atoms with Crippen molar-refractivity contribution in [3.63, 3.8) is 0 Å². The molecule has 164 valence electrons. The van der Waals surface area contributed by atoms with Crippen molar-refractivity contribution in [1.29, 1.82) is 0 Å². The number of carbonyl (C=O) groups is 2. The van der Waals surface area contributed by atoms with Gasteiger partial charge in [0.15, 0.2) is 5.13 Å². The topological polar surface area (TPSA) is 80.3 Å². The largest absolute Gasteiger partial charge is 0.466 e. The Bertz CT molecular complexity index is 1170. The van der Waals surface area contributed by atoms with Gasteiger partial charge in [-0.3, -0.25) is 4.79 Å². The fourth-order valence-corrected chi connectivity index (χ4v) is 4.26. The van der Waals surface area contributed by atoms with Gasteiger partial charge < -0.3 is 15.4 Å². The minimum Gasteiger partial charge on any atom is -0.466 e. The van der Waals surface area contributed by atoms with E-state index in [1.165, 1.54) is 30.3 Å². The molecule has 31 heavy (non-hydrogen) atoms. The first-order valence-electron chi connectivity index (χ1n) is 8.24. The standard InChI is InChI=1S/C18H11Cl3F3N3O3S/c1-30-15(29)17(18(22,23)24,26-14(28)10-4-2-8(19)6-11(10)21)27-16-25-12-5-3-9(20)7-13(12)31-16/h2-7H,1H3,(H,25,27)(H,26,28). The highest BCUT2D eigenvalue weighted by atomic mass is 35.5. The number of carbonyl (C=O) groups excluding carboxylic acids is 2. The number of anilines is 1. The molecule has 0 bridgehead atoms. The minimum absolute atomic E-state index is 0.169. The Balaban J connectivity index is 2.07. The summed E-state index contributed by atoms with van der Waals surface area (Å²) in [4.78, 5) is 29.0. The summed E-state index contributed by atoms with van der Waals surface area (Å²) in [5.41, 5.74) is -3.65. The van der Waals surface area contributed by atoms with E-state index in [0.29, 0.717) is 15.2 Å². The van der Waals surface area contributed by atoms with E-state index < -0.39 is 23.7 Å². The number of alkyl halides is 3. The van der Waals surface area contributed by atoms with Crippen molar-refractivity contribution in [2.45, 2.75) is 11.8 Å². The highest BCUT2D eigenvalue weighted by Crippen LogP contribution is 2.37. The number of hydrogen-bond acceptors (Lipinski definition) is 6. The number of halogens is 6. The number of rotatable bonds is 5. The van der Waals surface area contributed by atoms with Crippen LogP contribution in [0.25, 0.3) is 10.2 Å². The third-order valence-electron chi connectivity index (χ3n) is 4.04. The number of esters is 1. The monoisotopic (exact) mass is 511 g/mol. The predicted molar refractivity (Wildman–Crippen MR) is 113 cm³/mol. The zero-order valence-corrected chi connectivity index (χ0v) is 18.4. The average Bonchev–Trinajstić information content (AvgIpc) is 3.06. The highest BCUT2D eigenvalue weighted by molar-refractivity contribution is 7.22. The molecule has 0 saturated carbocycles. The lowest BCUT2D eigenvalue weighted by Crippen LogP contribution is -2.69. The van der Waals surface area contributed by atoms with Gasteiger partial charge in [0.25, 0.3) is 5.91 Å². The molecular weight excluding hydrogens is 502 g/mol. The summed E-state index contributed by atoms with van der Waals surface area (Å²) in [5.74, 6) is -3.10. The molecule has 3 aromatic rings. The number of nitrogens with one attached hydrogen (secondary N) is 2. The van der Waals surface area contributed by atoms with Gasteiger partial charge in [0.05, 0.1) is 27.9 Å². The van der Waals surface area contributed by atoms with Gasteiger partial charge in [0.1, 0.15) is 0 Å². The summed E-state index contributed by atoms with van der Waals surface area (Å²) < 4.78 is 47.4. The number of benzene rings is 2. The van der Waals surface area contributed by atoms with Gasteiger partial charge in [0.2, 0.25) is 0 Å². The van der Waals surface area contributed by atoms with Crippen molar-refractivity contribution >= 4 is 73.4 Å². The summed E-state index contributed by atoms with van der Waals surface area (Å²) in [6.07, 6.45) is -5.33. The van der Waals surface area contributed by atoms with Crippen LogP contribution in [0.2, 0.25) is 15.1 Å². The van der Waals surface area contributed by atoms with Gasteiger partial charge in [0, 0.05) is 10.0 Å². The molecule has 6 nitrogen and oxygen atoms in total. The smallest absolute Gasteiger partial charge is 0.442 e. The van der Waals surface area contributed by atoms with E-state index in [0.717, 1.165) is 24.5 Å². The molecule has 1 atom stereocenters. The first-order chi connectivity index (χ1) is 14.5. The third-order valence-corrected chi connectivity index (χ3v) is 5.76. The Kier molecular flexibility index (Phi) is 6.56. The van der Waals surface area contributed by atoms with Crippen molar-refractivity contribution in [3.8, 4) is 0 Å². The van der Waals surface area contributed by atoms with Gasteiger partial charge in [-0.15, -0.1) is 0 Å². The van der Waals surface area contributed by atoms with Crippen molar-refractivity contribution in [2.75, 3.05) is 12.4 Å². The lowest BCUT2D eigenvalue weighted by molar-refractivity contribution is -0.203. The van der Waals surface area contributed by atoms with Crippen LogP contribution < -0.4 is 10.6 Å². The first-order valence-corrected chi connectivity index (χ1v) is 10.2. The molecule has 0 aliphatic rings. The zero-order chi connectivity index (χ0) is 23.0. The van der Waals surface area contributed by atoms with Crippen LogP contribution in [0.4, 0.5) is 18.3 Å². The Morgan fingerprint density at radius 1 is 1.06 bits per heavy atom. The van der Waals surface area contributed by atoms with Gasteiger partial charge in [-0.25, -0.2) is 9.78 Å². The van der Waals surface area contributed by atoms with E-state index >= 15 is 0 Å². The Morgan fingerprint density at radius 3 is 2.32 bits per heavy atom. The number of methoxy groups -OCH3 is 1. The molecule has 1 amide bonds. The molecule has 0 aliphatic carbocycles. The van der Waals surface area contributed by atoms with Crippen LogP contribution in [-0.4, -0.2) is 35.8 Å². The van der Waals surface area contributed by atoms with Crippen LogP contribution in [0, 0.1) is 0 Å². The molecule has 0 spiro atoms. The van der Waals surface area contributed by atoms with Crippen molar-refractivity contribution < 1.29 is 27.5 Å². The van der Waals surface area contributed by atoms with E-state index in [-0.39, 0.29) is 20.7 Å². The SMILES string of the molecule is COC(=O)C(NC(=O)c1ccc(Cl)cc1Cl)(Nc1nc2ccc(Cl)cc2s1)C(F)(F)F. The molecule has 0 fully saturated rings. The summed E-state index contributed by atoms with van der Waals surface area (Å²) in [6, 6.07) is 8.07. The van der Waals surface area contributed by atoms with Gasteiger partial charge in [-0.2, -0.15) is 13.2 Å². The molecule has 3 rings (SSSR count). The Hall–Kier alpha value is -2.27. The van der Waals surface area contributed by atoms with Crippen LogP contribution >= 0.6 is 46.1 Å². The zero-order valence-electron chi connectivity index (χ0n) is 15.3. The summed E-state index contributed by atoms with van der Waals surface area (Å²) >= 11 is 18.4. The van der Waals surface area contributed by atoms with Crippen molar-refractivity contribution in [1.82, 2.24) is 10.3 Å². The molecule has 1 heterocycles. The number of hydrogen-bond donors (Lipinski definition) is 2. The summed E-state index contributed by atoms with van der Waals surface area (Å²) in [6.45, 7) is 0. The molecular formula is C18H11Cl3F3N3O3S. The van der Waals surface area contributed by atoms with Gasteiger partial charge >= 0.3 is 17.8 Å². The molecule has 0 radical (unpaired) electrons. The fraction of sp³-hybridized carbons (Fsp3) is 0.167. The van der Waals surface area contributed by atoms with Gasteiger partial charge in [-0.1, -0.05) is 46.1 Å². The average molecular weight is 513 g/mol. The van der Waals surface area contributed by atoms with E-state index in [9.17, 15) is 22.8 Å². The first kappa shape index (κ1) is 23.4. The second kappa shape index (κ2) is 8.70. The number of amides is 1. The maximum Gasteiger partial charge on any atom is 0.442 e. The molecule has 1 aromatic heterocycles. The number of nitrogens with zero attached hydrogens (tertiary/aromatic N) is 1. The number of aromatic nitrogens is 1. The third kappa shape index (κ3) is 4.67. The molecule has 1 unspecified atom stereocenters. The van der Waals surface area contributed by atoms with E-state index in [1.54, 1.807) is 5.32 Å². The van der Waals surface area contributed by atoms with Crippen LogP contribution in [-0.2, 0) is 9.53 Å². The predicted octanol–water partition coefficient (Wildman–Crippen LogP) is 5.53. The second-order valence-electron chi connectivity index (χ2n) is 6.07. The van der Waals surface area contributed by atoms with Crippen LogP contribution in [0.5, 0.6) is 0 Å². The van der Waals surface area contributed by atoms with Crippen molar-refractivity contribution in [3.05, 3.63) is 57.0 Å². The second-order valence-corrected chi connectivity index (χ2v) is 8.38. The van der Waals surface area contributed by atoms with E-state index in [2.05, 4.69) is 9.72 Å². The molecule has 13 heteroatoms. The molecule has 2 N–H and O–H groups in total. The summed E-state index contributed by atoms with van der Waals surface area (Å²) in [5, 5.41) is 3.66. The quantitative estimate of drug-likeness (QED) is 0.347. The molecule has 0 aliphatic heterocycles. The van der Waals surface area contributed by atoms with E-state index in [1.807, 2.05) is 5.32 Å². The Labute approximate surface area is 192 Å². The lowest BCUT2D eigenvalue weighted by atomic mass is 10.1. The van der Waals surface area contributed by atoms with E-state index in [4.69, 9.17) is 34.8 Å². The summed E-state index contributed by atoms with van der Waals surface area (Å²) in [7, 11) is 0.754. The number of ether oxygens (including phenoxy) is 1. The van der Waals surface area contributed by atoms with Crippen LogP contribution in [0.3, 0.4) is 0 Å². The lowest BCUT2D eigenvalue weighted by Gasteiger charge is -2.34. The van der Waals surface area contributed by atoms with Gasteiger partial charge in [-0.05, 0) is 36.4 Å². The maximum atomic E-state index is 14.2. The minimum atomic E-state index is -5.33. The Morgan fingerprint density at radius 2 is 1.71 bits per heavy atom. The highest BCUT2D eigenvalue weighted by Gasteiger charge is 2.64. The number of fused-ring (bicyclic) bond motifs is 1. The van der Waals surface area contributed by atoms with Crippen molar-refractivity contribution in [2.24, 2.45) is 0 Å². The fourth-order valence-electron chi connectivity index (χ4n) is 2.57. The van der Waals surface area contributed by atoms with Crippen LogP contribution in [0.1, 0.15) is 10.4 Å². The normalized spacial score (nSPS) is 13.5. The molecule has 2 aromatic carbocycles. The van der Waals surface area contributed by atoms with Crippen LogP contribution in [0.15, 0.2) is 36.4 Å².